The van der Waals surface area contributed by atoms with E-state index >= 15 is 0 Å². The molecule has 0 saturated carbocycles. The van der Waals surface area contributed by atoms with Gasteiger partial charge in [0.1, 0.15) is 0 Å². The van der Waals surface area contributed by atoms with Crippen molar-refractivity contribution in [2.24, 2.45) is 0 Å². The first-order chi connectivity index (χ1) is 25.7. The van der Waals surface area contributed by atoms with Gasteiger partial charge in [0, 0.05) is 38.4 Å². The topological polar surface area (TPSA) is 51.6 Å². The molecule has 0 fully saturated rings. The van der Waals surface area contributed by atoms with Crippen molar-refractivity contribution in [1.82, 2.24) is 19.9 Å². The lowest BCUT2D eigenvalue weighted by Crippen LogP contribution is -1.95. The fraction of sp³-hybridized carbons (Fsp3) is 0. The summed E-state index contributed by atoms with van der Waals surface area (Å²) in [7, 11) is 0. The Kier molecular flexibility index (Phi) is 7.10. The van der Waals surface area contributed by atoms with E-state index < -0.39 is 0 Å². The molecule has 7 aromatic carbocycles. The molecule has 4 nitrogen and oxygen atoms in total. The zero-order valence-electron chi connectivity index (χ0n) is 28.1. The lowest BCUT2D eigenvalue weighted by atomic mass is 9.95. The summed E-state index contributed by atoms with van der Waals surface area (Å²) in [5.41, 5.74) is 12.0. The van der Waals surface area contributed by atoms with Crippen LogP contribution in [0.3, 0.4) is 0 Å². The third kappa shape index (κ3) is 5.26. The fourth-order valence-corrected chi connectivity index (χ4v) is 7.22. The van der Waals surface area contributed by atoms with E-state index in [0.717, 1.165) is 99.8 Å². The Bertz CT molecular complexity index is 2940. The Morgan fingerprint density at radius 2 is 0.885 bits per heavy atom. The molecule has 242 valence electrons. The monoisotopic (exact) mass is 662 g/mol. The largest absolute Gasteiger partial charge is 0.245 e. The van der Waals surface area contributed by atoms with Gasteiger partial charge in [-0.1, -0.05) is 152 Å². The number of rotatable bonds is 5. The molecular formula is C48H30N4. The van der Waals surface area contributed by atoms with Gasteiger partial charge in [0.05, 0.1) is 33.6 Å². The van der Waals surface area contributed by atoms with Gasteiger partial charge in [0.15, 0.2) is 5.82 Å². The van der Waals surface area contributed by atoms with E-state index in [4.69, 9.17) is 19.9 Å². The SMILES string of the molecule is c1ccc(-c2ccc3ccc4ccc(-c5cccc6cc(-c7ccc8c(-c9ccccc9)nc(-c9ccccc9)nc8c7)ccc56)nc4c3n2)cc1. The summed E-state index contributed by atoms with van der Waals surface area (Å²) < 4.78 is 0. The van der Waals surface area contributed by atoms with Crippen molar-refractivity contribution < 1.29 is 0 Å². The molecule has 3 aromatic heterocycles. The minimum Gasteiger partial charge on any atom is -0.245 e. The lowest BCUT2D eigenvalue weighted by molar-refractivity contribution is 1.23. The molecular weight excluding hydrogens is 633 g/mol. The van der Waals surface area contributed by atoms with Gasteiger partial charge < -0.3 is 0 Å². The Balaban J connectivity index is 1.07. The summed E-state index contributed by atoms with van der Waals surface area (Å²) in [4.78, 5) is 20.5. The van der Waals surface area contributed by atoms with Gasteiger partial charge in [-0.05, 0) is 52.2 Å². The van der Waals surface area contributed by atoms with Crippen molar-refractivity contribution in [1.29, 1.82) is 0 Å². The number of benzene rings is 7. The van der Waals surface area contributed by atoms with E-state index in [1.54, 1.807) is 0 Å². The normalized spacial score (nSPS) is 11.5. The van der Waals surface area contributed by atoms with E-state index in [-0.39, 0.29) is 0 Å². The van der Waals surface area contributed by atoms with E-state index in [2.05, 4.69) is 140 Å². The van der Waals surface area contributed by atoms with E-state index in [1.165, 1.54) is 0 Å². The maximum atomic E-state index is 5.26. The summed E-state index contributed by atoms with van der Waals surface area (Å²) in [6.07, 6.45) is 0. The molecule has 0 radical (unpaired) electrons. The van der Waals surface area contributed by atoms with Gasteiger partial charge in [-0.2, -0.15) is 0 Å². The first-order valence-electron chi connectivity index (χ1n) is 17.5. The molecule has 52 heavy (non-hydrogen) atoms. The molecule has 0 spiro atoms. The Morgan fingerprint density at radius 3 is 1.60 bits per heavy atom. The number of hydrogen-bond donors (Lipinski definition) is 0. The Labute approximate surface area is 300 Å². The van der Waals surface area contributed by atoms with Crippen molar-refractivity contribution >= 4 is 43.5 Å². The highest BCUT2D eigenvalue weighted by atomic mass is 14.9. The van der Waals surface area contributed by atoms with Crippen LogP contribution in [0, 0.1) is 0 Å². The van der Waals surface area contributed by atoms with Crippen LogP contribution in [0.4, 0.5) is 0 Å². The van der Waals surface area contributed by atoms with Crippen molar-refractivity contribution in [3.63, 3.8) is 0 Å². The van der Waals surface area contributed by atoms with Crippen LogP contribution in [-0.2, 0) is 0 Å². The average molecular weight is 663 g/mol. The highest BCUT2D eigenvalue weighted by Crippen LogP contribution is 2.36. The minimum absolute atomic E-state index is 0.717. The molecule has 0 aliphatic rings. The first kappa shape index (κ1) is 29.8. The standard InChI is InChI=1S/C48H30N4/c1-4-11-31(12-5-1)42-27-23-33-19-20-34-24-28-43(50-47(34)46(33)49-42)40-18-10-17-38-29-36(21-25-39(38)40)37-22-26-41-44(30-37)51-48(35-15-8-3-9-16-35)52-45(41)32-13-6-2-7-14-32/h1-30H. The van der Waals surface area contributed by atoms with Crippen molar-refractivity contribution in [2.45, 2.75) is 0 Å². The van der Waals surface area contributed by atoms with Gasteiger partial charge in [0.2, 0.25) is 0 Å². The summed E-state index contributed by atoms with van der Waals surface area (Å²) in [6, 6.07) is 63.3. The second-order valence-electron chi connectivity index (χ2n) is 13.1. The molecule has 3 heterocycles. The predicted octanol–water partition coefficient (Wildman–Crippen LogP) is 12.2. The zero-order valence-corrected chi connectivity index (χ0v) is 28.1. The van der Waals surface area contributed by atoms with E-state index in [1.807, 2.05) is 42.5 Å². The van der Waals surface area contributed by atoms with Gasteiger partial charge in [-0.3, -0.25) is 0 Å². The summed E-state index contributed by atoms with van der Waals surface area (Å²) in [5, 5.41) is 5.47. The van der Waals surface area contributed by atoms with Crippen LogP contribution in [-0.4, -0.2) is 19.9 Å². The van der Waals surface area contributed by atoms with Crippen molar-refractivity contribution in [3.05, 3.63) is 182 Å². The molecule has 10 rings (SSSR count). The molecule has 0 unspecified atom stereocenters. The number of pyridine rings is 2. The molecule has 0 aliphatic carbocycles. The van der Waals surface area contributed by atoms with E-state index in [9.17, 15) is 0 Å². The second-order valence-corrected chi connectivity index (χ2v) is 13.1. The Morgan fingerprint density at radius 1 is 0.308 bits per heavy atom. The molecule has 0 saturated heterocycles. The predicted molar refractivity (Wildman–Crippen MR) is 215 cm³/mol. The number of nitrogens with zero attached hydrogens (tertiary/aromatic N) is 4. The molecule has 0 aliphatic heterocycles. The molecule has 0 bridgehead atoms. The van der Waals surface area contributed by atoms with Crippen LogP contribution in [0.1, 0.15) is 0 Å². The molecule has 0 atom stereocenters. The maximum Gasteiger partial charge on any atom is 0.160 e. The van der Waals surface area contributed by atoms with Crippen molar-refractivity contribution in [3.8, 4) is 56.3 Å². The third-order valence-corrected chi connectivity index (χ3v) is 9.86. The highest BCUT2D eigenvalue weighted by molar-refractivity contribution is 6.06. The van der Waals surface area contributed by atoms with Crippen LogP contribution >= 0.6 is 0 Å². The number of hydrogen-bond acceptors (Lipinski definition) is 4. The van der Waals surface area contributed by atoms with Gasteiger partial charge in [-0.25, -0.2) is 19.9 Å². The van der Waals surface area contributed by atoms with E-state index in [0.29, 0.717) is 0 Å². The van der Waals surface area contributed by atoms with Gasteiger partial charge >= 0.3 is 0 Å². The smallest absolute Gasteiger partial charge is 0.160 e. The lowest BCUT2D eigenvalue weighted by Gasteiger charge is -2.12. The average Bonchev–Trinajstić information content (AvgIpc) is 3.23. The van der Waals surface area contributed by atoms with Crippen LogP contribution in [0.25, 0.3) is 99.8 Å². The summed E-state index contributed by atoms with van der Waals surface area (Å²) in [6.45, 7) is 0. The third-order valence-electron chi connectivity index (χ3n) is 9.86. The van der Waals surface area contributed by atoms with Gasteiger partial charge in [0.25, 0.3) is 0 Å². The van der Waals surface area contributed by atoms with Crippen LogP contribution in [0.5, 0.6) is 0 Å². The quantitative estimate of drug-likeness (QED) is 0.172. The van der Waals surface area contributed by atoms with Crippen LogP contribution in [0.2, 0.25) is 0 Å². The maximum absolute atomic E-state index is 5.26. The molecule has 0 N–H and O–H groups in total. The first-order valence-corrected chi connectivity index (χ1v) is 17.5. The van der Waals surface area contributed by atoms with Crippen LogP contribution in [0.15, 0.2) is 182 Å². The Hall–Kier alpha value is -7.04. The highest BCUT2D eigenvalue weighted by Gasteiger charge is 2.14. The van der Waals surface area contributed by atoms with Gasteiger partial charge in [-0.15, -0.1) is 0 Å². The molecule has 0 amide bonds. The molecule has 10 aromatic rings. The summed E-state index contributed by atoms with van der Waals surface area (Å²) >= 11 is 0. The summed E-state index contributed by atoms with van der Waals surface area (Å²) in [5.74, 6) is 0.717. The zero-order chi connectivity index (χ0) is 34.4. The fourth-order valence-electron chi connectivity index (χ4n) is 7.22. The van der Waals surface area contributed by atoms with Crippen LogP contribution < -0.4 is 0 Å². The number of fused-ring (bicyclic) bond motifs is 5. The van der Waals surface area contributed by atoms with Crippen molar-refractivity contribution in [2.75, 3.05) is 0 Å². The number of aromatic nitrogens is 4. The minimum atomic E-state index is 0.717. The second kappa shape index (κ2) is 12.4. The molecule has 4 heteroatoms.